The van der Waals surface area contributed by atoms with Crippen LogP contribution in [0.2, 0.25) is 0 Å². The number of alkyl halides is 2. The van der Waals surface area contributed by atoms with E-state index in [0.29, 0.717) is 31.2 Å². The number of nitrogens with zero attached hydrogens (tertiary/aromatic N) is 4. The van der Waals surface area contributed by atoms with Crippen LogP contribution in [0.5, 0.6) is 5.75 Å². The molecule has 2 rings (SSSR count). The Kier molecular flexibility index (Phi) is 7.31. The van der Waals surface area contributed by atoms with Crippen molar-refractivity contribution in [2.75, 3.05) is 20.1 Å². The van der Waals surface area contributed by atoms with Crippen LogP contribution in [0.4, 0.5) is 8.78 Å². The molecule has 1 N–H and O–H groups in total. The highest BCUT2D eigenvalue weighted by atomic mass is 19.3. The fraction of sp³-hybridized carbons (Fsp3) is 0.471. The molecule has 0 saturated carbocycles. The van der Waals surface area contributed by atoms with Crippen molar-refractivity contribution in [3.8, 4) is 5.75 Å². The number of rotatable bonds is 8. The Balaban J connectivity index is 1.93. The van der Waals surface area contributed by atoms with E-state index in [1.807, 2.05) is 18.9 Å². The van der Waals surface area contributed by atoms with Crippen molar-refractivity contribution < 1.29 is 18.0 Å². The number of guanidine groups is 1. The number of ether oxygens (including phenoxy) is 1. The Morgan fingerprint density at radius 1 is 1.35 bits per heavy atom. The average molecular weight is 367 g/mol. The van der Waals surface area contributed by atoms with Gasteiger partial charge in [0.15, 0.2) is 11.8 Å². The molecule has 2 aromatic rings. The van der Waals surface area contributed by atoms with E-state index in [-0.39, 0.29) is 5.75 Å². The molecule has 0 unspecified atom stereocenters. The highest BCUT2D eigenvalue weighted by molar-refractivity contribution is 5.79. The van der Waals surface area contributed by atoms with E-state index in [1.54, 1.807) is 19.1 Å². The third-order valence-electron chi connectivity index (χ3n) is 3.42. The van der Waals surface area contributed by atoms with Crippen molar-refractivity contribution >= 4 is 5.96 Å². The van der Waals surface area contributed by atoms with Gasteiger partial charge in [0.1, 0.15) is 5.75 Å². The minimum absolute atomic E-state index is 0.141. The van der Waals surface area contributed by atoms with Crippen LogP contribution >= 0.6 is 0 Å². The highest BCUT2D eigenvalue weighted by Crippen LogP contribution is 2.15. The molecule has 0 aliphatic rings. The highest BCUT2D eigenvalue weighted by Gasteiger charge is 2.09. The molecule has 0 radical (unpaired) electrons. The lowest BCUT2D eigenvalue weighted by Crippen LogP contribution is -2.38. The second-order valence-corrected chi connectivity index (χ2v) is 5.60. The molecule has 0 saturated heterocycles. The number of nitrogens with one attached hydrogen (secondary N) is 1. The fourth-order valence-electron chi connectivity index (χ4n) is 2.29. The molecule has 0 aliphatic carbocycles. The topological polar surface area (TPSA) is 75.8 Å². The Morgan fingerprint density at radius 3 is 2.65 bits per heavy atom. The number of benzene rings is 1. The fourth-order valence-corrected chi connectivity index (χ4v) is 2.29. The number of halogens is 2. The minimum atomic E-state index is -2.82. The molecule has 0 bridgehead atoms. The molecular formula is C17H23F2N5O2. The van der Waals surface area contributed by atoms with Gasteiger partial charge in [0.05, 0.1) is 6.54 Å². The van der Waals surface area contributed by atoms with E-state index in [0.717, 1.165) is 18.1 Å². The summed E-state index contributed by atoms with van der Waals surface area (Å²) in [7, 11) is 1.90. The maximum absolute atomic E-state index is 12.2. The van der Waals surface area contributed by atoms with Crippen LogP contribution in [-0.4, -0.2) is 47.7 Å². The molecule has 9 heteroatoms. The van der Waals surface area contributed by atoms with Crippen molar-refractivity contribution in [1.29, 1.82) is 0 Å². The lowest BCUT2D eigenvalue weighted by molar-refractivity contribution is -0.0498. The Labute approximate surface area is 151 Å². The van der Waals surface area contributed by atoms with Crippen LogP contribution in [0.3, 0.4) is 0 Å². The summed E-state index contributed by atoms with van der Waals surface area (Å²) in [6.45, 7) is 2.74. The summed E-state index contributed by atoms with van der Waals surface area (Å²) in [5, 5.41) is 6.97. The second kappa shape index (κ2) is 9.69. The molecule has 1 aromatic carbocycles. The van der Waals surface area contributed by atoms with E-state index in [2.05, 4.69) is 25.2 Å². The van der Waals surface area contributed by atoms with Crippen LogP contribution in [0.1, 0.15) is 24.2 Å². The minimum Gasteiger partial charge on any atom is -0.435 e. The van der Waals surface area contributed by atoms with Gasteiger partial charge in [0, 0.05) is 26.6 Å². The molecule has 1 aromatic heterocycles. The summed E-state index contributed by atoms with van der Waals surface area (Å²) in [4.78, 5) is 10.6. The van der Waals surface area contributed by atoms with Crippen LogP contribution in [-0.2, 0) is 13.0 Å². The summed E-state index contributed by atoms with van der Waals surface area (Å²) in [6, 6.07) is 6.55. The number of aliphatic imine (C=N–C) groups is 1. The molecule has 7 nitrogen and oxygen atoms in total. The molecule has 0 amide bonds. The number of hydrogen-bond acceptors (Lipinski definition) is 5. The first kappa shape index (κ1) is 19.6. The molecule has 0 spiro atoms. The SMILES string of the molecule is CCNC(=NCCc1nc(C)no1)N(C)Cc1ccc(OC(F)F)cc1. The monoisotopic (exact) mass is 367 g/mol. The predicted molar refractivity (Wildman–Crippen MR) is 93.3 cm³/mol. The maximum Gasteiger partial charge on any atom is 0.387 e. The second-order valence-electron chi connectivity index (χ2n) is 5.60. The first-order valence-corrected chi connectivity index (χ1v) is 8.30. The van der Waals surface area contributed by atoms with E-state index in [4.69, 9.17) is 4.52 Å². The molecule has 26 heavy (non-hydrogen) atoms. The molecule has 0 atom stereocenters. The van der Waals surface area contributed by atoms with Gasteiger partial charge in [0.25, 0.3) is 0 Å². The van der Waals surface area contributed by atoms with Crippen LogP contribution in [0, 0.1) is 6.92 Å². The summed E-state index contributed by atoms with van der Waals surface area (Å²) in [6.07, 6.45) is 0.559. The van der Waals surface area contributed by atoms with Crippen molar-refractivity contribution in [1.82, 2.24) is 20.4 Å². The van der Waals surface area contributed by atoms with Crippen molar-refractivity contribution in [3.63, 3.8) is 0 Å². The quantitative estimate of drug-likeness (QED) is 0.571. The van der Waals surface area contributed by atoms with E-state index < -0.39 is 6.61 Å². The predicted octanol–water partition coefficient (Wildman–Crippen LogP) is 2.62. The first-order valence-electron chi connectivity index (χ1n) is 8.30. The lowest BCUT2D eigenvalue weighted by atomic mass is 10.2. The molecule has 0 aliphatic heterocycles. The summed E-state index contributed by atoms with van der Waals surface area (Å²) in [5.74, 6) is 2.03. The first-order chi connectivity index (χ1) is 12.5. The van der Waals surface area contributed by atoms with Crippen molar-refractivity contribution in [3.05, 3.63) is 41.5 Å². The molecule has 0 fully saturated rings. The van der Waals surface area contributed by atoms with Crippen LogP contribution < -0.4 is 10.1 Å². The standard InChI is InChI=1S/C17H23F2N5O2/c1-4-20-17(21-10-9-15-22-12(2)23-26-15)24(3)11-13-5-7-14(8-6-13)25-16(18)19/h5-8,16H,4,9-11H2,1-3H3,(H,20,21). The van der Waals surface area contributed by atoms with Gasteiger partial charge in [-0.25, -0.2) is 0 Å². The normalized spacial score (nSPS) is 11.7. The van der Waals surface area contributed by atoms with Gasteiger partial charge < -0.3 is 19.5 Å². The lowest BCUT2D eigenvalue weighted by Gasteiger charge is -2.22. The van der Waals surface area contributed by atoms with E-state index in [9.17, 15) is 8.78 Å². The zero-order valence-corrected chi connectivity index (χ0v) is 15.1. The third-order valence-corrected chi connectivity index (χ3v) is 3.42. The van der Waals surface area contributed by atoms with Gasteiger partial charge >= 0.3 is 6.61 Å². The van der Waals surface area contributed by atoms with Gasteiger partial charge in [0.2, 0.25) is 5.89 Å². The van der Waals surface area contributed by atoms with E-state index >= 15 is 0 Å². The molecule has 1 heterocycles. The maximum atomic E-state index is 12.2. The summed E-state index contributed by atoms with van der Waals surface area (Å²) >= 11 is 0. The van der Waals surface area contributed by atoms with Gasteiger partial charge in [-0.3, -0.25) is 4.99 Å². The van der Waals surface area contributed by atoms with Crippen LogP contribution in [0.15, 0.2) is 33.8 Å². The Hall–Kier alpha value is -2.71. The molecule has 142 valence electrons. The number of hydrogen-bond donors (Lipinski definition) is 1. The zero-order chi connectivity index (χ0) is 18.9. The summed E-state index contributed by atoms with van der Waals surface area (Å²) in [5.41, 5.74) is 0.951. The van der Waals surface area contributed by atoms with Gasteiger partial charge in [-0.1, -0.05) is 17.3 Å². The number of aromatic nitrogens is 2. The smallest absolute Gasteiger partial charge is 0.387 e. The largest absolute Gasteiger partial charge is 0.435 e. The zero-order valence-electron chi connectivity index (χ0n) is 15.1. The van der Waals surface area contributed by atoms with Gasteiger partial charge in [-0.2, -0.15) is 13.8 Å². The number of aryl methyl sites for hydroxylation is 1. The van der Waals surface area contributed by atoms with Crippen LogP contribution in [0.25, 0.3) is 0 Å². The Bertz CT molecular complexity index is 703. The average Bonchev–Trinajstić information content (AvgIpc) is 3.00. The van der Waals surface area contributed by atoms with E-state index in [1.165, 1.54) is 12.1 Å². The van der Waals surface area contributed by atoms with Gasteiger partial charge in [-0.15, -0.1) is 0 Å². The molecular weight excluding hydrogens is 344 g/mol. The van der Waals surface area contributed by atoms with Crippen molar-refractivity contribution in [2.45, 2.75) is 33.4 Å². The van der Waals surface area contributed by atoms with Crippen molar-refractivity contribution in [2.24, 2.45) is 4.99 Å². The Morgan fingerprint density at radius 2 is 2.08 bits per heavy atom. The van der Waals surface area contributed by atoms with Gasteiger partial charge in [-0.05, 0) is 31.5 Å². The summed E-state index contributed by atoms with van der Waals surface area (Å²) < 4.78 is 33.8. The third kappa shape index (κ3) is 6.30.